The number of halogens is 1. The van der Waals surface area contributed by atoms with Crippen molar-refractivity contribution >= 4 is 44.5 Å². The second-order valence-electron chi connectivity index (χ2n) is 4.15. The summed E-state index contributed by atoms with van der Waals surface area (Å²) in [6.45, 7) is 0. The third kappa shape index (κ3) is 2.41. The average molecular weight is 303 g/mol. The van der Waals surface area contributed by atoms with E-state index in [0.29, 0.717) is 10.9 Å². The van der Waals surface area contributed by atoms with Crippen LogP contribution in [-0.2, 0) is 0 Å². The van der Waals surface area contributed by atoms with Crippen LogP contribution in [0.3, 0.4) is 0 Å². The lowest BCUT2D eigenvalue weighted by Crippen LogP contribution is -2.19. The predicted molar refractivity (Wildman–Crippen MR) is 84.4 cm³/mol. The third-order valence-electron chi connectivity index (χ3n) is 2.85. The molecule has 0 saturated heterocycles. The number of thiophene rings is 1. The van der Waals surface area contributed by atoms with Gasteiger partial charge < -0.3 is 0 Å². The second kappa shape index (κ2) is 5.63. The average Bonchev–Trinajstić information content (AvgIpc) is 2.83. The first-order chi connectivity index (χ1) is 9.79. The lowest BCUT2D eigenvalue weighted by Gasteiger charge is -2.03. The van der Waals surface area contributed by atoms with E-state index in [1.54, 1.807) is 0 Å². The van der Waals surface area contributed by atoms with Gasteiger partial charge in [0, 0.05) is 10.1 Å². The number of rotatable bonds is 2. The van der Waals surface area contributed by atoms with Crippen molar-refractivity contribution in [3.05, 3.63) is 64.5 Å². The Kier molecular flexibility index (Phi) is 3.69. The highest BCUT2D eigenvalue weighted by Gasteiger charge is 2.14. The van der Waals surface area contributed by atoms with E-state index in [2.05, 4.69) is 10.5 Å². The van der Waals surface area contributed by atoms with E-state index in [0.717, 1.165) is 20.7 Å². The van der Waals surface area contributed by atoms with Crippen LogP contribution < -0.4 is 5.48 Å². The van der Waals surface area contributed by atoms with Crippen molar-refractivity contribution in [1.29, 1.82) is 0 Å². The van der Waals surface area contributed by atoms with E-state index in [-0.39, 0.29) is 0 Å². The molecule has 1 heterocycles. The molecule has 0 unspecified atom stereocenters. The zero-order chi connectivity index (χ0) is 13.9. The molecule has 1 aromatic heterocycles. The number of fused-ring (bicyclic) bond motifs is 1. The molecule has 100 valence electrons. The van der Waals surface area contributed by atoms with Crippen LogP contribution in [0.4, 0.5) is 5.69 Å². The largest absolute Gasteiger partial charge is 0.290 e. The molecule has 20 heavy (non-hydrogen) atoms. The molecule has 0 aliphatic carbocycles. The summed E-state index contributed by atoms with van der Waals surface area (Å²) < 4.78 is 1.06. The maximum atomic E-state index is 9.36. The van der Waals surface area contributed by atoms with Gasteiger partial charge in [-0.05, 0) is 18.2 Å². The molecule has 3 rings (SSSR count). The molecule has 0 atom stereocenters. The molecular weight excluding hydrogens is 292 g/mol. The number of nitrogens with zero attached hydrogens (tertiary/aromatic N) is 1. The van der Waals surface area contributed by atoms with Gasteiger partial charge in [-0.1, -0.05) is 48.0 Å². The Bertz CT molecular complexity index is 768. The molecule has 3 nitrogen and oxygen atoms in total. The van der Waals surface area contributed by atoms with Crippen molar-refractivity contribution in [2.24, 2.45) is 4.99 Å². The third-order valence-corrected chi connectivity index (χ3v) is 4.54. The summed E-state index contributed by atoms with van der Waals surface area (Å²) in [7, 11) is 0. The summed E-state index contributed by atoms with van der Waals surface area (Å²) in [6.07, 6.45) is 0. The molecule has 5 heteroatoms. The van der Waals surface area contributed by atoms with Crippen molar-refractivity contribution < 1.29 is 5.21 Å². The van der Waals surface area contributed by atoms with Crippen LogP contribution in [0.15, 0.2) is 59.6 Å². The van der Waals surface area contributed by atoms with Crippen LogP contribution in [0.1, 0.15) is 4.88 Å². The summed E-state index contributed by atoms with van der Waals surface area (Å²) in [5.41, 5.74) is 2.89. The molecule has 0 aliphatic rings. The van der Waals surface area contributed by atoms with E-state index < -0.39 is 0 Å². The van der Waals surface area contributed by atoms with Crippen LogP contribution in [0, 0.1) is 0 Å². The number of amidine groups is 1. The minimum atomic E-state index is 0.349. The van der Waals surface area contributed by atoms with E-state index in [4.69, 9.17) is 11.6 Å². The van der Waals surface area contributed by atoms with Gasteiger partial charge >= 0.3 is 0 Å². The minimum absolute atomic E-state index is 0.349. The van der Waals surface area contributed by atoms with Crippen LogP contribution in [0.5, 0.6) is 0 Å². The summed E-state index contributed by atoms with van der Waals surface area (Å²) >= 11 is 7.87. The van der Waals surface area contributed by atoms with Crippen molar-refractivity contribution in [3.63, 3.8) is 0 Å². The van der Waals surface area contributed by atoms with Gasteiger partial charge in [-0.15, -0.1) is 11.3 Å². The van der Waals surface area contributed by atoms with Crippen LogP contribution in [0.2, 0.25) is 5.02 Å². The molecule has 0 bridgehead atoms. The molecule has 2 N–H and O–H groups in total. The maximum absolute atomic E-state index is 9.36. The van der Waals surface area contributed by atoms with Crippen LogP contribution in [-0.4, -0.2) is 11.0 Å². The summed E-state index contributed by atoms with van der Waals surface area (Å²) in [6, 6.07) is 17.3. The quantitative estimate of drug-likeness (QED) is 0.412. The molecule has 0 radical (unpaired) electrons. The standard InChI is InChI=1S/C15H11ClN2OS/c16-13-11-8-4-5-9-12(11)20-14(13)15(18-19)17-10-6-2-1-3-7-10/h1-9,19H,(H,17,18). The SMILES string of the molecule is ONC(=Nc1ccccc1)c1sc2ccccc2c1Cl. The number of benzene rings is 2. The lowest BCUT2D eigenvalue weighted by molar-refractivity contribution is 0.235. The number of para-hydroxylation sites is 1. The summed E-state index contributed by atoms with van der Waals surface area (Å²) in [5.74, 6) is 0.349. The molecule has 0 aliphatic heterocycles. The fourth-order valence-corrected chi connectivity index (χ4v) is 3.38. The Morgan fingerprint density at radius 2 is 1.75 bits per heavy atom. The lowest BCUT2D eigenvalue weighted by atomic mass is 10.2. The molecule has 0 amide bonds. The van der Waals surface area contributed by atoms with Crippen molar-refractivity contribution in [1.82, 2.24) is 5.48 Å². The molecular formula is C15H11ClN2OS. The Balaban J connectivity index is 2.12. The van der Waals surface area contributed by atoms with Gasteiger partial charge in [0.15, 0.2) is 5.84 Å². The Hall–Kier alpha value is -1.88. The van der Waals surface area contributed by atoms with Crippen molar-refractivity contribution in [2.75, 3.05) is 0 Å². The molecule has 0 fully saturated rings. The van der Waals surface area contributed by atoms with Gasteiger partial charge in [-0.25, -0.2) is 4.99 Å². The van der Waals surface area contributed by atoms with E-state index in [1.807, 2.05) is 54.6 Å². The molecule has 0 saturated carbocycles. The number of nitrogens with one attached hydrogen (secondary N) is 1. The zero-order valence-electron chi connectivity index (χ0n) is 10.4. The zero-order valence-corrected chi connectivity index (χ0v) is 11.9. The van der Waals surface area contributed by atoms with Gasteiger partial charge in [0.05, 0.1) is 15.6 Å². The summed E-state index contributed by atoms with van der Waals surface area (Å²) in [5, 5.41) is 10.9. The van der Waals surface area contributed by atoms with Crippen LogP contribution in [0.25, 0.3) is 10.1 Å². The Morgan fingerprint density at radius 3 is 2.45 bits per heavy atom. The Labute approximate surface area is 125 Å². The molecule has 3 aromatic rings. The van der Waals surface area contributed by atoms with Crippen LogP contribution >= 0.6 is 22.9 Å². The van der Waals surface area contributed by atoms with Gasteiger partial charge in [0.2, 0.25) is 0 Å². The smallest absolute Gasteiger partial charge is 0.169 e. The molecule has 2 aromatic carbocycles. The minimum Gasteiger partial charge on any atom is -0.290 e. The van der Waals surface area contributed by atoms with Gasteiger partial charge in [0.25, 0.3) is 0 Å². The first-order valence-corrected chi connectivity index (χ1v) is 7.20. The highest BCUT2D eigenvalue weighted by Crippen LogP contribution is 2.35. The predicted octanol–water partition coefficient (Wildman–Crippen LogP) is 4.61. The first kappa shape index (κ1) is 13.1. The number of aliphatic imine (C=N–C) groups is 1. The fourth-order valence-electron chi connectivity index (χ4n) is 1.92. The van der Waals surface area contributed by atoms with Gasteiger partial charge in [-0.3, -0.25) is 10.7 Å². The topological polar surface area (TPSA) is 44.6 Å². The van der Waals surface area contributed by atoms with Crippen molar-refractivity contribution in [3.8, 4) is 0 Å². The molecule has 0 spiro atoms. The normalized spacial score (nSPS) is 11.8. The van der Waals surface area contributed by atoms with E-state index in [1.165, 1.54) is 11.3 Å². The maximum Gasteiger partial charge on any atom is 0.169 e. The van der Waals surface area contributed by atoms with Gasteiger partial charge in [0.1, 0.15) is 0 Å². The fraction of sp³-hybridized carbons (Fsp3) is 0. The Morgan fingerprint density at radius 1 is 1.05 bits per heavy atom. The first-order valence-electron chi connectivity index (χ1n) is 6.01. The summed E-state index contributed by atoms with van der Waals surface area (Å²) in [4.78, 5) is 5.11. The number of hydrogen-bond donors (Lipinski definition) is 2. The highest BCUT2D eigenvalue weighted by atomic mass is 35.5. The highest BCUT2D eigenvalue weighted by molar-refractivity contribution is 7.21. The van der Waals surface area contributed by atoms with Crippen molar-refractivity contribution in [2.45, 2.75) is 0 Å². The van der Waals surface area contributed by atoms with E-state index >= 15 is 0 Å². The van der Waals surface area contributed by atoms with E-state index in [9.17, 15) is 5.21 Å². The monoisotopic (exact) mass is 302 g/mol. The number of hydroxylamine groups is 1. The van der Waals surface area contributed by atoms with Gasteiger partial charge in [-0.2, -0.15) is 0 Å². The second-order valence-corrected chi connectivity index (χ2v) is 5.58. The number of hydrogen-bond acceptors (Lipinski definition) is 3.